The quantitative estimate of drug-likeness (QED) is 0.757. The van der Waals surface area contributed by atoms with Gasteiger partial charge in [0, 0.05) is 0 Å². The summed E-state index contributed by atoms with van der Waals surface area (Å²) in [5, 5.41) is 9.65. The van der Waals surface area contributed by atoms with Crippen LogP contribution in [0.4, 0.5) is 0 Å². The van der Waals surface area contributed by atoms with Crippen molar-refractivity contribution in [2.45, 2.75) is 6.04 Å². The molecular formula is C9H10N2OS. The van der Waals surface area contributed by atoms with Crippen molar-refractivity contribution in [1.29, 1.82) is 0 Å². The molecule has 13 heavy (non-hydrogen) atoms. The van der Waals surface area contributed by atoms with E-state index in [1.807, 2.05) is 24.3 Å². The number of aliphatic hydroxyl groups is 1. The van der Waals surface area contributed by atoms with Gasteiger partial charge < -0.3 is 10.8 Å². The van der Waals surface area contributed by atoms with Gasteiger partial charge >= 0.3 is 0 Å². The molecule has 3 N–H and O–H groups in total. The van der Waals surface area contributed by atoms with Crippen LogP contribution in [0, 0.1) is 0 Å². The van der Waals surface area contributed by atoms with E-state index in [0.29, 0.717) is 0 Å². The van der Waals surface area contributed by atoms with Crippen molar-refractivity contribution in [3.63, 3.8) is 0 Å². The number of hydrogen-bond donors (Lipinski definition) is 2. The Morgan fingerprint density at radius 1 is 1.46 bits per heavy atom. The van der Waals surface area contributed by atoms with Gasteiger partial charge in [-0.15, -0.1) is 11.3 Å². The number of aromatic nitrogens is 1. The van der Waals surface area contributed by atoms with Gasteiger partial charge in [-0.2, -0.15) is 0 Å². The molecule has 0 aliphatic carbocycles. The summed E-state index contributed by atoms with van der Waals surface area (Å²) in [5.41, 5.74) is 6.61. The number of aliphatic hydroxyl groups excluding tert-OH is 1. The third-order valence-corrected chi connectivity index (χ3v) is 2.99. The number of nitrogens with zero attached hydrogens (tertiary/aromatic N) is 1. The minimum absolute atomic E-state index is 0.0557. The van der Waals surface area contributed by atoms with Crippen molar-refractivity contribution in [3.05, 3.63) is 29.3 Å². The second-order valence-electron chi connectivity index (χ2n) is 2.81. The molecule has 3 nitrogen and oxygen atoms in total. The van der Waals surface area contributed by atoms with E-state index in [1.54, 1.807) is 0 Å². The minimum atomic E-state index is -0.350. The van der Waals surface area contributed by atoms with E-state index in [-0.39, 0.29) is 12.6 Å². The van der Waals surface area contributed by atoms with Gasteiger partial charge in [0.05, 0.1) is 22.9 Å². The topological polar surface area (TPSA) is 59.1 Å². The standard InChI is InChI=1S/C9H10N2OS/c10-6(5-12)9-11-7-3-1-2-4-8(7)13-9/h1-4,6,12H,5,10H2/t6-/m0/s1. The van der Waals surface area contributed by atoms with E-state index in [2.05, 4.69) is 4.98 Å². The lowest BCUT2D eigenvalue weighted by Crippen LogP contribution is -2.13. The van der Waals surface area contributed by atoms with E-state index in [0.717, 1.165) is 15.2 Å². The molecule has 0 radical (unpaired) electrons. The molecule has 1 atom stereocenters. The van der Waals surface area contributed by atoms with Crippen LogP contribution in [0.25, 0.3) is 10.2 Å². The highest BCUT2D eigenvalue weighted by atomic mass is 32.1. The first-order chi connectivity index (χ1) is 6.31. The molecule has 2 rings (SSSR count). The Balaban J connectivity index is 2.49. The molecule has 1 heterocycles. The highest BCUT2D eigenvalue weighted by molar-refractivity contribution is 7.18. The van der Waals surface area contributed by atoms with Gasteiger partial charge in [0.1, 0.15) is 5.01 Å². The summed E-state index contributed by atoms with van der Waals surface area (Å²) in [5.74, 6) is 0. The lowest BCUT2D eigenvalue weighted by molar-refractivity contribution is 0.268. The van der Waals surface area contributed by atoms with Gasteiger partial charge in [0.25, 0.3) is 0 Å². The minimum Gasteiger partial charge on any atom is -0.394 e. The Labute approximate surface area is 79.8 Å². The van der Waals surface area contributed by atoms with E-state index >= 15 is 0 Å². The number of rotatable bonds is 2. The molecule has 0 aliphatic heterocycles. The van der Waals surface area contributed by atoms with Crippen LogP contribution in [-0.4, -0.2) is 16.7 Å². The van der Waals surface area contributed by atoms with Crippen molar-refractivity contribution in [2.24, 2.45) is 5.73 Å². The van der Waals surface area contributed by atoms with Gasteiger partial charge in [0.15, 0.2) is 0 Å². The van der Waals surface area contributed by atoms with Crippen molar-refractivity contribution in [3.8, 4) is 0 Å². The van der Waals surface area contributed by atoms with Crippen LogP contribution in [0.1, 0.15) is 11.0 Å². The molecule has 1 aromatic heterocycles. The highest BCUT2D eigenvalue weighted by Crippen LogP contribution is 2.24. The molecule has 2 aromatic rings. The van der Waals surface area contributed by atoms with Crippen LogP contribution in [0.3, 0.4) is 0 Å². The molecule has 0 bridgehead atoms. The van der Waals surface area contributed by atoms with Gasteiger partial charge in [-0.3, -0.25) is 0 Å². The number of hydrogen-bond acceptors (Lipinski definition) is 4. The summed E-state index contributed by atoms with van der Waals surface area (Å²) in [6.45, 7) is -0.0557. The molecule has 1 aromatic carbocycles. The molecule has 0 fully saturated rings. The second-order valence-corrected chi connectivity index (χ2v) is 3.87. The van der Waals surface area contributed by atoms with Gasteiger partial charge in [-0.25, -0.2) is 4.98 Å². The van der Waals surface area contributed by atoms with Gasteiger partial charge in [0.2, 0.25) is 0 Å². The Morgan fingerprint density at radius 3 is 2.92 bits per heavy atom. The fourth-order valence-corrected chi connectivity index (χ4v) is 2.09. The summed E-state index contributed by atoms with van der Waals surface area (Å²) < 4.78 is 1.11. The van der Waals surface area contributed by atoms with E-state index in [9.17, 15) is 0 Å². The normalized spacial score (nSPS) is 13.4. The summed E-state index contributed by atoms with van der Waals surface area (Å²) >= 11 is 1.53. The number of thiazole rings is 1. The third kappa shape index (κ3) is 1.56. The second kappa shape index (κ2) is 3.41. The highest BCUT2D eigenvalue weighted by Gasteiger charge is 2.09. The number of benzene rings is 1. The lowest BCUT2D eigenvalue weighted by Gasteiger charge is -2.00. The van der Waals surface area contributed by atoms with E-state index < -0.39 is 0 Å². The predicted octanol–water partition coefficient (Wildman–Crippen LogP) is 1.29. The maximum Gasteiger partial charge on any atom is 0.113 e. The van der Waals surface area contributed by atoms with Crippen LogP contribution in [0.5, 0.6) is 0 Å². The Hall–Kier alpha value is -0.970. The Morgan fingerprint density at radius 2 is 2.23 bits per heavy atom. The molecular weight excluding hydrogens is 184 g/mol. The molecule has 0 spiro atoms. The van der Waals surface area contributed by atoms with E-state index in [4.69, 9.17) is 10.8 Å². The van der Waals surface area contributed by atoms with Crippen LogP contribution in [0.15, 0.2) is 24.3 Å². The molecule has 0 saturated heterocycles. The van der Waals surface area contributed by atoms with Crippen molar-refractivity contribution < 1.29 is 5.11 Å². The number of nitrogens with two attached hydrogens (primary N) is 1. The zero-order valence-corrected chi connectivity index (χ0v) is 7.79. The first kappa shape index (κ1) is 8.62. The smallest absolute Gasteiger partial charge is 0.113 e. The lowest BCUT2D eigenvalue weighted by atomic mass is 10.3. The number of para-hydroxylation sites is 1. The van der Waals surface area contributed by atoms with Crippen LogP contribution < -0.4 is 5.73 Å². The van der Waals surface area contributed by atoms with Crippen LogP contribution in [0.2, 0.25) is 0 Å². The monoisotopic (exact) mass is 194 g/mol. The average Bonchev–Trinajstić information content (AvgIpc) is 2.59. The van der Waals surface area contributed by atoms with Crippen molar-refractivity contribution in [2.75, 3.05) is 6.61 Å². The SMILES string of the molecule is N[C@@H](CO)c1nc2ccccc2s1. The zero-order valence-electron chi connectivity index (χ0n) is 6.97. The zero-order chi connectivity index (χ0) is 9.26. The Kier molecular flexibility index (Phi) is 2.26. The van der Waals surface area contributed by atoms with Crippen molar-refractivity contribution >= 4 is 21.6 Å². The van der Waals surface area contributed by atoms with E-state index in [1.165, 1.54) is 11.3 Å². The molecule has 0 unspecified atom stereocenters. The maximum atomic E-state index is 8.86. The van der Waals surface area contributed by atoms with Crippen LogP contribution in [-0.2, 0) is 0 Å². The summed E-state index contributed by atoms with van der Waals surface area (Å²) in [7, 11) is 0. The maximum absolute atomic E-state index is 8.86. The molecule has 0 aliphatic rings. The largest absolute Gasteiger partial charge is 0.394 e. The van der Waals surface area contributed by atoms with Crippen molar-refractivity contribution in [1.82, 2.24) is 4.98 Å². The van der Waals surface area contributed by atoms with Gasteiger partial charge in [-0.05, 0) is 12.1 Å². The average molecular weight is 194 g/mol. The summed E-state index contributed by atoms with van der Waals surface area (Å²) in [6.07, 6.45) is 0. The molecule has 68 valence electrons. The first-order valence-corrected chi connectivity index (χ1v) is 4.85. The number of fused-ring (bicyclic) bond motifs is 1. The fourth-order valence-electron chi connectivity index (χ4n) is 1.13. The molecule has 4 heteroatoms. The van der Waals surface area contributed by atoms with Crippen LogP contribution >= 0.6 is 11.3 Å². The molecule has 0 amide bonds. The summed E-state index contributed by atoms with van der Waals surface area (Å²) in [4.78, 5) is 4.32. The predicted molar refractivity (Wildman–Crippen MR) is 53.6 cm³/mol. The fraction of sp³-hybridized carbons (Fsp3) is 0.222. The van der Waals surface area contributed by atoms with Gasteiger partial charge in [-0.1, -0.05) is 12.1 Å². The molecule has 0 saturated carbocycles. The Bertz CT molecular complexity index is 380. The summed E-state index contributed by atoms with van der Waals surface area (Å²) in [6, 6.07) is 7.50. The third-order valence-electron chi connectivity index (χ3n) is 1.82. The first-order valence-electron chi connectivity index (χ1n) is 4.03.